The molecule has 1 atom stereocenters. The fourth-order valence-corrected chi connectivity index (χ4v) is 4.93. The number of nitrogens with zero attached hydrogens (tertiary/aromatic N) is 2. The van der Waals surface area contributed by atoms with E-state index < -0.39 is 10.0 Å². The number of carbonyl (C=O) groups excluding carboxylic acids is 1. The van der Waals surface area contributed by atoms with E-state index in [0.29, 0.717) is 44.1 Å². The summed E-state index contributed by atoms with van der Waals surface area (Å²) in [6.45, 7) is 3.77. The Hall–Kier alpha value is -1.64. The number of ether oxygens (including phenoxy) is 2. The molecular formula is C17H24N2O5S. The topological polar surface area (TPSA) is 76.2 Å². The molecule has 0 aromatic heterocycles. The van der Waals surface area contributed by atoms with Crippen LogP contribution in [0.4, 0.5) is 0 Å². The average Bonchev–Trinajstić information content (AvgIpc) is 3.15. The van der Waals surface area contributed by atoms with Gasteiger partial charge in [0.05, 0.1) is 12.0 Å². The number of benzene rings is 1. The molecule has 0 saturated carbocycles. The van der Waals surface area contributed by atoms with E-state index in [1.165, 1.54) is 4.31 Å². The second-order valence-electron chi connectivity index (χ2n) is 6.36. The molecule has 7 nitrogen and oxygen atoms in total. The fraction of sp³-hybridized carbons (Fsp3) is 0.588. The van der Waals surface area contributed by atoms with Gasteiger partial charge in [-0.05, 0) is 43.5 Å². The maximum absolute atomic E-state index is 12.9. The van der Waals surface area contributed by atoms with Crippen LogP contribution in [0.3, 0.4) is 0 Å². The van der Waals surface area contributed by atoms with E-state index in [1.807, 2.05) is 0 Å². The molecule has 3 rings (SSSR count). The number of methoxy groups -OCH3 is 1. The van der Waals surface area contributed by atoms with Crippen molar-refractivity contribution in [3.05, 3.63) is 23.8 Å². The van der Waals surface area contributed by atoms with Gasteiger partial charge in [-0.15, -0.1) is 0 Å². The molecule has 0 N–H and O–H groups in total. The number of amides is 1. The molecule has 2 heterocycles. The van der Waals surface area contributed by atoms with Crippen molar-refractivity contribution in [3.8, 4) is 5.75 Å². The average molecular weight is 368 g/mol. The Balaban J connectivity index is 1.68. The van der Waals surface area contributed by atoms with Crippen molar-refractivity contribution in [3.63, 3.8) is 0 Å². The molecule has 1 aromatic rings. The number of hydrogen-bond acceptors (Lipinski definition) is 5. The molecular weight excluding hydrogens is 344 g/mol. The standard InChI is InChI=1S/C17H24N2O5S/c1-13-12-14(23-2)5-6-16(13)25(21,22)19-9-7-18(8-10-19)17(20)15-4-3-11-24-15/h5-6,12,15H,3-4,7-11H2,1-2H3. The van der Waals surface area contributed by atoms with Crippen molar-refractivity contribution in [2.75, 3.05) is 39.9 Å². The minimum Gasteiger partial charge on any atom is -0.497 e. The predicted molar refractivity (Wildman–Crippen MR) is 92.0 cm³/mol. The van der Waals surface area contributed by atoms with Gasteiger partial charge in [-0.2, -0.15) is 4.31 Å². The number of aryl methyl sites for hydroxylation is 1. The molecule has 1 aromatic carbocycles. The number of sulfonamides is 1. The van der Waals surface area contributed by atoms with Gasteiger partial charge < -0.3 is 14.4 Å². The summed E-state index contributed by atoms with van der Waals surface area (Å²) < 4.78 is 37.8. The van der Waals surface area contributed by atoms with Crippen LogP contribution in [0.25, 0.3) is 0 Å². The van der Waals surface area contributed by atoms with E-state index in [0.717, 1.165) is 12.8 Å². The molecule has 1 amide bonds. The SMILES string of the molecule is COc1ccc(S(=O)(=O)N2CCN(C(=O)C3CCCO3)CC2)c(C)c1. The summed E-state index contributed by atoms with van der Waals surface area (Å²) in [5, 5.41) is 0. The number of carbonyl (C=O) groups is 1. The lowest BCUT2D eigenvalue weighted by Crippen LogP contribution is -2.52. The van der Waals surface area contributed by atoms with Gasteiger partial charge in [-0.25, -0.2) is 8.42 Å². The van der Waals surface area contributed by atoms with Crippen LogP contribution in [0.5, 0.6) is 5.75 Å². The number of rotatable bonds is 4. The zero-order chi connectivity index (χ0) is 18.0. The minimum atomic E-state index is -3.58. The summed E-state index contributed by atoms with van der Waals surface area (Å²) in [5.41, 5.74) is 0.650. The van der Waals surface area contributed by atoms with Gasteiger partial charge in [-0.3, -0.25) is 4.79 Å². The molecule has 0 radical (unpaired) electrons. The first-order valence-electron chi connectivity index (χ1n) is 8.48. The maximum atomic E-state index is 12.9. The molecule has 8 heteroatoms. The third kappa shape index (κ3) is 3.65. The Labute approximate surface area is 148 Å². The molecule has 25 heavy (non-hydrogen) atoms. The first kappa shape index (κ1) is 18.2. The first-order chi connectivity index (χ1) is 11.9. The van der Waals surface area contributed by atoms with Crippen LogP contribution in [-0.4, -0.2) is 69.5 Å². The largest absolute Gasteiger partial charge is 0.497 e. The minimum absolute atomic E-state index is 0.0184. The van der Waals surface area contributed by atoms with E-state index in [1.54, 1.807) is 37.1 Å². The third-order valence-electron chi connectivity index (χ3n) is 4.76. The van der Waals surface area contributed by atoms with E-state index in [4.69, 9.17) is 9.47 Å². The highest BCUT2D eigenvalue weighted by molar-refractivity contribution is 7.89. The van der Waals surface area contributed by atoms with E-state index in [-0.39, 0.29) is 16.9 Å². The quantitative estimate of drug-likeness (QED) is 0.793. The smallest absolute Gasteiger partial charge is 0.251 e. The fourth-order valence-electron chi connectivity index (χ4n) is 3.30. The lowest BCUT2D eigenvalue weighted by Gasteiger charge is -2.35. The molecule has 2 aliphatic heterocycles. The Bertz CT molecular complexity index is 735. The van der Waals surface area contributed by atoms with Crippen LogP contribution < -0.4 is 4.74 Å². The molecule has 0 aliphatic carbocycles. The van der Waals surface area contributed by atoms with Gasteiger partial charge in [0, 0.05) is 32.8 Å². The van der Waals surface area contributed by atoms with Crippen molar-refractivity contribution in [1.82, 2.24) is 9.21 Å². The molecule has 2 fully saturated rings. The lowest BCUT2D eigenvalue weighted by molar-refractivity contribution is -0.142. The molecule has 138 valence electrons. The van der Waals surface area contributed by atoms with Gasteiger partial charge in [-0.1, -0.05) is 0 Å². The molecule has 1 unspecified atom stereocenters. The Morgan fingerprint density at radius 3 is 2.52 bits per heavy atom. The summed E-state index contributed by atoms with van der Waals surface area (Å²) >= 11 is 0. The summed E-state index contributed by atoms with van der Waals surface area (Å²) in [6.07, 6.45) is 1.30. The monoisotopic (exact) mass is 368 g/mol. The predicted octanol–water partition coefficient (Wildman–Crippen LogP) is 1.02. The van der Waals surface area contributed by atoms with Gasteiger partial charge >= 0.3 is 0 Å². The van der Waals surface area contributed by atoms with Gasteiger partial charge in [0.15, 0.2) is 0 Å². The number of hydrogen-bond donors (Lipinski definition) is 0. The van der Waals surface area contributed by atoms with Crippen LogP contribution in [0.15, 0.2) is 23.1 Å². The second-order valence-corrected chi connectivity index (χ2v) is 8.27. The van der Waals surface area contributed by atoms with Gasteiger partial charge in [0.1, 0.15) is 11.9 Å². The van der Waals surface area contributed by atoms with Crippen molar-refractivity contribution >= 4 is 15.9 Å². The highest BCUT2D eigenvalue weighted by Gasteiger charge is 2.34. The van der Waals surface area contributed by atoms with Crippen LogP contribution in [-0.2, 0) is 19.6 Å². The highest BCUT2D eigenvalue weighted by atomic mass is 32.2. The van der Waals surface area contributed by atoms with Crippen LogP contribution >= 0.6 is 0 Å². The summed E-state index contributed by atoms with van der Waals surface area (Å²) in [4.78, 5) is 14.4. The summed E-state index contributed by atoms with van der Waals surface area (Å²) in [6, 6.07) is 4.94. The highest BCUT2D eigenvalue weighted by Crippen LogP contribution is 2.25. The van der Waals surface area contributed by atoms with E-state index >= 15 is 0 Å². The lowest BCUT2D eigenvalue weighted by atomic mass is 10.2. The van der Waals surface area contributed by atoms with Crippen molar-refractivity contribution < 1.29 is 22.7 Å². The normalized spacial score (nSPS) is 22.2. The Morgan fingerprint density at radius 1 is 1.24 bits per heavy atom. The molecule has 0 bridgehead atoms. The Morgan fingerprint density at radius 2 is 1.96 bits per heavy atom. The third-order valence-corrected chi connectivity index (χ3v) is 6.81. The van der Waals surface area contributed by atoms with Crippen molar-refractivity contribution in [1.29, 1.82) is 0 Å². The molecule has 2 aliphatic rings. The second kappa shape index (κ2) is 7.31. The zero-order valence-corrected chi connectivity index (χ0v) is 15.4. The maximum Gasteiger partial charge on any atom is 0.251 e. The first-order valence-corrected chi connectivity index (χ1v) is 9.92. The Kier molecular flexibility index (Phi) is 5.31. The molecule has 0 spiro atoms. The van der Waals surface area contributed by atoms with Crippen molar-refractivity contribution in [2.24, 2.45) is 0 Å². The number of piperazine rings is 1. The van der Waals surface area contributed by atoms with Crippen LogP contribution in [0.2, 0.25) is 0 Å². The van der Waals surface area contributed by atoms with Crippen molar-refractivity contribution in [2.45, 2.75) is 30.8 Å². The molecule has 2 saturated heterocycles. The summed E-state index contributed by atoms with van der Waals surface area (Å²) in [7, 11) is -2.03. The van der Waals surface area contributed by atoms with E-state index in [9.17, 15) is 13.2 Å². The zero-order valence-electron chi connectivity index (χ0n) is 14.6. The summed E-state index contributed by atoms with van der Waals surface area (Å²) in [5.74, 6) is 0.610. The van der Waals surface area contributed by atoms with Gasteiger partial charge in [0.2, 0.25) is 10.0 Å². The van der Waals surface area contributed by atoms with E-state index in [2.05, 4.69) is 0 Å². The van der Waals surface area contributed by atoms with Crippen LogP contribution in [0, 0.1) is 6.92 Å². The van der Waals surface area contributed by atoms with Crippen LogP contribution in [0.1, 0.15) is 18.4 Å². The van der Waals surface area contributed by atoms with Gasteiger partial charge in [0.25, 0.3) is 5.91 Å².